The molecule has 0 bridgehead atoms. The van der Waals surface area contributed by atoms with Crippen LogP contribution in [0.2, 0.25) is 0 Å². The first kappa shape index (κ1) is 11.3. The Morgan fingerprint density at radius 3 is 3.00 bits per heavy atom. The van der Waals surface area contributed by atoms with Gasteiger partial charge in [-0.2, -0.15) is 0 Å². The van der Waals surface area contributed by atoms with Gasteiger partial charge < -0.3 is 14.5 Å². The van der Waals surface area contributed by atoms with Crippen LogP contribution in [0.5, 0.6) is 5.75 Å². The average Bonchev–Trinajstić information content (AvgIpc) is 2.83. The topological polar surface area (TPSA) is 51.5 Å². The molecule has 0 amide bonds. The average molecular weight is 308 g/mol. The summed E-state index contributed by atoms with van der Waals surface area (Å²) in [5, 5.41) is 3.20. The lowest BCUT2D eigenvalue weighted by molar-refractivity contribution is 0.100. The van der Waals surface area contributed by atoms with Crippen molar-refractivity contribution in [1.29, 1.82) is 0 Å². The van der Waals surface area contributed by atoms with Crippen LogP contribution in [-0.4, -0.2) is 18.9 Å². The van der Waals surface area contributed by atoms with Gasteiger partial charge in [-0.05, 0) is 34.1 Å². The number of anilines is 1. The minimum atomic E-state index is -0.188. The number of para-hydroxylation sites is 1. The molecule has 1 aliphatic heterocycles. The summed E-state index contributed by atoms with van der Waals surface area (Å²) in [6, 6.07) is 7.15. The highest BCUT2D eigenvalue weighted by molar-refractivity contribution is 9.10. The smallest absolute Gasteiger partial charge is 0.233 e. The molecule has 0 aliphatic carbocycles. The van der Waals surface area contributed by atoms with Gasteiger partial charge in [0.25, 0.3) is 0 Å². The number of furan rings is 1. The van der Waals surface area contributed by atoms with Gasteiger partial charge in [0.1, 0.15) is 6.61 Å². The van der Waals surface area contributed by atoms with E-state index in [1.807, 2.05) is 12.1 Å². The molecule has 0 fully saturated rings. The lowest BCUT2D eigenvalue weighted by atomic mass is 10.1. The minimum absolute atomic E-state index is 0.188. The number of fused-ring (bicyclic) bond motifs is 1. The molecule has 1 aliphatic rings. The standard InChI is InChI=1S/C13H10BrNO3/c14-9-4-6-17-13(9)11(16)8-2-1-3-10-12(8)18-7-5-15-10/h1-4,6,15H,5,7H2. The molecule has 2 heterocycles. The highest BCUT2D eigenvalue weighted by Gasteiger charge is 2.23. The minimum Gasteiger partial charge on any atom is -0.489 e. The summed E-state index contributed by atoms with van der Waals surface area (Å²) >= 11 is 3.29. The number of ketones is 1. The first-order valence-corrected chi connectivity index (χ1v) is 6.34. The van der Waals surface area contributed by atoms with Crippen molar-refractivity contribution < 1.29 is 13.9 Å². The predicted molar refractivity (Wildman–Crippen MR) is 70.3 cm³/mol. The Labute approximate surface area is 112 Å². The number of halogens is 1. The molecule has 0 atom stereocenters. The van der Waals surface area contributed by atoms with Gasteiger partial charge in [-0.3, -0.25) is 4.79 Å². The fourth-order valence-electron chi connectivity index (χ4n) is 1.93. The second-order valence-electron chi connectivity index (χ2n) is 3.88. The zero-order valence-corrected chi connectivity index (χ0v) is 11.0. The summed E-state index contributed by atoms with van der Waals surface area (Å²) in [6.07, 6.45) is 1.48. The number of nitrogens with one attached hydrogen (secondary N) is 1. The molecule has 0 saturated heterocycles. The van der Waals surface area contributed by atoms with E-state index >= 15 is 0 Å². The third kappa shape index (κ3) is 1.80. The lowest BCUT2D eigenvalue weighted by Crippen LogP contribution is -2.20. The SMILES string of the molecule is O=C(c1cccc2c1OCCN2)c1occc1Br. The monoisotopic (exact) mass is 307 g/mol. The van der Waals surface area contributed by atoms with E-state index in [0.29, 0.717) is 22.4 Å². The molecule has 1 N–H and O–H groups in total. The molecular formula is C13H10BrNO3. The summed E-state index contributed by atoms with van der Waals surface area (Å²) in [5.74, 6) is 0.696. The van der Waals surface area contributed by atoms with Crippen LogP contribution in [0.1, 0.15) is 16.1 Å². The molecule has 0 unspecified atom stereocenters. The van der Waals surface area contributed by atoms with Crippen LogP contribution in [0.3, 0.4) is 0 Å². The molecule has 0 radical (unpaired) electrons. The van der Waals surface area contributed by atoms with Crippen LogP contribution < -0.4 is 10.1 Å². The number of benzene rings is 1. The van der Waals surface area contributed by atoms with E-state index in [1.165, 1.54) is 6.26 Å². The van der Waals surface area contributed by atoms with Crippen LogP contribution in [0.4, 0.5) is 5.69 Å². The Balaban J connectivity index is 2.07. The second kappa shape index (κ2) is 4.49. The third-order valence-corrected chi connectivity index (χ3v) is 3.37. The van der Waals surface area contributed by atoms with Crippen molar-refractivity contribution in [3.05, 3.63) is 46.3 Å². The van der Waals surface area contributed by atoms with E-state index in [1.54, 1.807) is 12.1 Å². The van der Waals surface area contributed by atoms with E-state index < -0.39 is 0 Å². The van der Waals surface area contributed by atoms with E-state index in [9.17, 15) is 4.79 Å². The summed E-state index contributed by atoms with van der Waals surface area (Å²) < 4.78 is 11.4. The largest absolute Gasteiger partial charge is 0.489 e. The number of hydrogen-bond acceptors (Lipinski definition) is 4. The fourth-order valence-corrected chi connectivity index (χ4v) is 2.31. The van der Waals surface area contributed by atoms with Gasteiger partial charge in [0.15, 0.2) is 11.5 Å². The summed E-state index contributed by atoms with van der Waals surface area (Å²) in [6.45, 7) is 1.30. The predicted octanol–water partition coefficient (Wildman–Crippen LogP) is 3.08. The molecule has 3 rings (SSSR count). The molecule has 92 valence electrons. The van der Waals surface area contributed by atoms with Gasteiger partial charge in [0.05, 0.1) is 22.0 Å². The molecule has 1 aromatic carbocycles. The third-order valence-electron chi connectivity index (χ3n) is 2.75. The summed E-state index contributed by atoms with van der Waals surface area (Å²) in [5.41, 5.74) is 1.35. The van der Waals surface area contributed by atoms with Crippen molar-refractivity contribution in [2.24, 2.45) is 0 Å². The normalized spacial score (nSPS) is 13.4. The van der Waals surface area contributed by atoms with Gasteiger partial charge in [-0.1, -0.05) is 6.07 Å². The van der Waals surface area contributed by atoms with Crippen molar-refractivity contribution in [2.75, 3.05) is 18.5 Å². The van der Waals surface area contributed by atoms with Crippen LogP contribution in [0, 0.1) is 0 Å². The first-order chi connectivity index (χ1) is 8.77. The molecule has 5 heteroatoms. The summed E-state index contributed by atoms with van der Waals surface area (Å²) in [4.78, 5) is 12.4. The van der Waals surface area contributed by atoms with Crippen LogP contribution in [-0.2, 0) is 0 Å². The van der Waals surface area contributed by atoms with Crippen molar-refractivity contribution in [3.8, 4) is 5.75 Å². The van der Waals surface area contributed by atoms with Gasteiger partial charge in [0.2, 0.25) is 5.78 Å². The van der Waals surface area contributed by atoms with Crippen molar-refractivity contribution in [3.63, 3.8) is 0 Å². The Kier molecular flexibility index (Phi) is 2.83. The van der Waals surface area contributed by atoms with Crippen molar-refractivity contribution >= 4 is 27.4 Å². The van der Waals surface area contributed by atoms with E-state index in [-0.39, 0.29) is 11.5 Å². The number of carbonyl (C=O) groups excluding carboxylic acids is 1. The molecule has 2 aromatic rings. The summed E-state index contributed by atoms with van der Waals surface area (Å²) in [7, 11) is 0. The Morgan fingerprint density at radius 2 is 2.22 bits per heavy atom. The zero-order chi connectivity index (χ0) is 12.5. The number of carbonyl (C=O) groups is 1. The van der Waals surface area contributed by atoms with Crippen LogP contribution in [0.15, 0.2) is 39.4 Å². The van der Waals surface area contributed by atoms with Gasteiger partial charge in [-0.25, -0.2) is 0 Å². The molecule has 1 aromatic heterocycles. The van der Waals surface area contributed by atoms with E-state index in [2.05, 4.69) is 21.2 Å². The number of ether oxygens (including phenoxy) is 1. The van der Waals surface area contributed by atoms with E-state index in [4.69, 9.17) is 9.15 Å². The maximum atomic E-state index is 12.4. The fraction of sp³-hybridized carbons (Fsp3) is 0.154. The molecule has 18 heavy (non-hydrogen) atoms. The molecule has 4 nitrogen and oxygen atoms in total. The van der Waals surface area contributed by atoms with Crippen LogP contribution >= 0.6 is 15.9 Å². The maximum Gasteiger partial charge on any atom is 0.233 e. The Hall–Kier alpha value is -1.75. The van der Waals surface area contributed by atoms with Crippen molar-refractivity contribution in [1.82, 2.24) is 0 Å². The lowest BCUT2D eigenvalue weighted by Gasteiger charge is -2.20. The molecule has 0 spiro atoms. The zero-order valence-electron chi connectivity index (χ0n) is 9.40. The Bertz CT molecular complexity index is 606. The highest BCUT2D eigenvalue weighted by atomic mass is 79.9. The molecular weight excluding hydrogens is 298 g/mol. The highest BCUT2D eigenvalue weighted by Crippen LogP contribution is 2.33. The van der Waals surface area contributed by atoms with Gasteiger partial charge in [-0.15, -0.1) is 0 Å². The van der Waals surface area contributed by atoms with Gasteiger partial charge >= 0.3 is 0 Å². The maximum absolute atomic E-state index is 12.4. The molecule has 0 saturated carbocycles. The number of rotatable bonds is 2. The van der Waals surface area contributed by atoms with E-state index in [0.717, 1.165) is 12.2 Å². The van der Waals surface area contributed by atoms with Crippen molar-refractivity contribution in [2.45, 2.75) is 0 Å². The second-order valence-corrected chi connectivity index (χ2v) is 4.74. The van der Waals surface area contributed by atoms with Crippen LogP contribution in [0.25, 0.3) is 0 Å². The quantitative estimate of drug-likeness (QED) is 0.866. The Morgan fingerprint density at radius 1 is 1.33 bits per heavy atom. The number of hydrogen-bond donors (Lipinski definition) is 1. The van der Waals surface area contributed by atoms with Gasteiger partial charge in [0, 0.05) is 6.54 Å². The first-order valence-electron chi connectivity index (χ1n) is 5.55.